The lowest BCUT2D eigenvalue weighted by molar-refractivity contribution is 0.626. The number of nitrogens with zero attached hydrogens (tertiary/aromatic N) is 3. The summed E-state index contributed by atoms with van der Waals surface area (Å²) in [6.07, 6.45) is 0. The van der Waals surface area contributed by atoms with Gasteiger partial charge in [0.25, 0.3) is 0 Å². The molecule has 0 fully saturated rings. The van der Waals surface area contributed by atoms with Gasteiger partial charge in [-0.3, -0.25) is 0 Å². The van der Waals surface area contributed by atoms with Gasteiger partial charge in [-0.25, -0.2) is 9.97 Å². The molecule has 1 aromatic heterocycles. The normalized spacial score (nSPS) is 11.1. The van der Waals surface area contributed by atoms with E-state index in [1.54, 1.807) is 0 Å². The molecule has 0 bridgehead atoms. The van der Waals surface area contributed by atoms with Gasteiger partial charge < -0.3 is 0 Å². The molecule has 0 amide bonds. The van der Waals surface area contributed by atoms with Crippen LogP contribution in [0.3, 0.4) is 0 Å². The van der Waals surface area contributed by atoms with Crippen molar-refractivity contribution in [1.82, 2.24) is 9.97 Å². The quantitative estimate of drug-likeness (QED) is 0.841. The highest BCUT2D eigenvalue weighted by Crippen LogP contribution is 2.25. The highest BCUT2D eigenvalue weighted by atomic mass is 79.9. The number of hydrogen-bond acceptors (Lipinski definition) is 3. The Kier molecular flexibility index (Phi) is 3.68. The maximum absolute atomic E-state index is 9.21. The first kappa shape index (κ1) is 13.7. The van der Waals surface area contributed by atoms with Crippen molar-refractivity contribution in [2.24, 2.45) is 0 Å². The van der Waals surface area contributed by atoms with E-state index in [9.17, 15) is 5.26 Å². The third-order valence-electron chi connectivity index (χ3n) is 2.81. The van der Waals surface area contributed by atoms with Crippen molar-refractivity contribution < 1.29 is 0 Å². The summed E-state index contributed by atoms with van der Waals surface area (Å²) in [5, 5.41) is 9.21. The van der Waals surface area contributed by atoms with E-state index in [4.69, 9.17) is 0 Å². The van der Waals surface area contributed by atoms with Gasteiger partial charge >= 0.3 is 0 Å². The zero-order chi connectivity index (χ0) is 14.0. The lowest BCUT2D eigenvalue weighted by Crippen LogP contribution is -2.19. The molecule has 0 saturated heterocycles. The van der Waals surface area contributed by atoms with Crippen LogP contribution in [-0.2, 0) is 5.41 Å². The Morgan fingerprint density at radius 1 is 1.21 bits per heavy atom. The Morgan fingerprint density at radius 2 is 1.95 bits per heavy atom. The van der Waals surface area contributed by atoms with Crippen LogP contribution in [0.4, 0.5) is 0 Å². The molecule has 1 heterocycles. The van der Waals surface area contributed by atoms with Crippen molar-refractivity contribution in [1.29, 1.82) is 5.26 Å². The fourth-order valence-corrected chi connectivity index (χ4v) is 2.09. The number of halogens is 1. The van der Waals surface area contributed by atoms with Crippen molar-refractivity contribution in [3.05, 3.63) is 46.3 Å². The van der Waals surface area contributed by atoms with Gasteiger partial charge in [0.05, 0.1) is 11.8 Å². The minimum absolute atomic E-state index is 0.560. The van der Waals surface area contributed by atoms with Gasteiger partial charge in [-0.15, -0.1) is 0 Å². The van der Waals surface area contributed by atoms with Crippen molar-refractivity contribution in [2.75, 3.05) is 0 Å². The summed E-state index contributed by atoms with van der Waals surface area (Å²) in [6, 6.07) is 12.1. The number of aryl methyl sites for hydroxylation is 1. The van der Waals surface area contributed by atoms with Gasteiger partial charge in [0.2, 0.25) is 0 Å². The van der Waals surface area contributed by atoms with E-state index < -0.39 is 5.41 Å². The largest absolute Gasteiger partial charge is 0.236 e. The predicted octanol–water partition coefficient (Wildman–Crippen LogP) is 4.02. The number of rotatable bonds is 2. The summed E-state index contributed by atoms with van der Waals surface area (Å²) in [5.74, 6) is 0.560. The highest BCUT2D eigenvalue weighted by molar-refractivity contribution is 9.10. The number of hydrogen-bond donors (Lipinski definition) is 0. The maximum atomic E-state index is 9.21. The first-order valence-electron chi connectivity index (χ1n) is 5.96. The molecule has 0 aliphatic heterocycles. The first-order chi connectivity index (χ1) is 8.92. The Hall–Kier alpha value is -1.73. The van der Waals surface area contributed by atoms with Crippen LogP contribution in [-0.4, -0.2) is 9.97 Å². The molecule has 96 valence electrons. The molecule has 3 nitrogen and oxygen atoms in total. The molecule has 0 saturated carbocycles. The topological polar surface area (TPSA) is 49.6 Å². The molecular weight excluding hydrogens is 302 g/mol. The van der Waals surface area contributed by atoms with E-state index in [0.29, 0.717) is 5.82 Å². The van der Waals surface area contributed by atoms with Crippen molar-refractivity contribution >= 4 is 15.9 Å². The van der Waals surface area contributed by atoms with Crippen LogP contribution in [0.25, 0.3) is 11.3 Å². The van der Waals surface area contributed by atoms with Crippen LogP contribution in [0.2, 0.25) is 0 Å². The second kappa shape index (κ2) is 5.10. The second-order valence-electron chi connectivity index (χ2n) is 4.97. The SMILES string of the molecule is Cc1cc(-c2cccc(Br)c2)nc(C(C)(C)C#N)n1. The average molecular weight is 316 g/mol. The summed E-state index contributed by atoms with van der Waals surface area (Å²) in [7, 11) is 0. The van der Waals surface area contributed by atoms with Crippen LogP contribution in [0.1, 0.15) is 25.4 Å². The molecule has 0 atom stereocenters. The minimum atomic E-state index is -0.688. The molecule has 0 unspecified atom stereocenters. The van der Waals surface area contributed by atoms with E-state index in [0.717, 1.165) is 21.4 Å². The van der Waals surface area contributed by atoms with Crippen molar-refractivity contribution in [2.45, 2.75) is 26.2 Å². The van der Waals surface area contributed by atoms with E-state index in [-0.39, 0.29) is 0 Å². The van der Waals surface area contributed by atoms with Crippen LogP contribution in [0.15, 0.2) is 34.8 Å². The number of aromatic nitrogens is 2. The number of benzene rings is 1. The molecule has 0 radical (unpaired) electrons. The molecule has 2 aromatic rings. The molecule has 4 heteroatoms. The average Bonchev–Trinajstić information content (AvgIpc) is 2.38. The fraction of sp³-hybridized carbons (Fsp3) is 0.267. The third kappa shape index (κ3) is 2.99. The summed E-state index contributed by atoms with van der Waals surface area (Å²) in [4.78, 5) is 8.91. The molecule has 0 aliphatic rings. The van der Waals surface area contributed by atoms with E-state index in [1.807, 2.05) is 51.1 Å². The van der Waals surface area contributed by atoms with Gasteiger partial charge in [0.15, 0.2) is 0 Å². The zero-order valence-electron chi connectivity index (χ0n) is 11.1. The molecule has 1 aromatic carbocycles. The zero-order valence-corrected chi connectivity index (χ0v) is 12.7. The minimum Gasteiger partial charge on any atom is -0.236 e. The Balaban J connectivity index is 2.58. The smallest absolute Gasteiger partial charge is 0.148 e. The molecule has 19 heavy (non-hydrogen) atoms. The summed E-state index contributed by atoms with van der Waals surface area (Å²) >= 11 is 3.45. The molecular formula is C15H14BrN3. The predicted molar refractivity (Wildman–Crippen MR) is 78.5 cm³/mol. The van der Waals surface area contributed by atoms with E-state index >= 15 is 0 Å². The molecule has 0 spiro atoms. The molecule has 2 rings (SSSR count). The van der Waals surface area contributed by atoms with Crippen molar-refractivity contribution in [3.63, 3.8) is 0 Å². The van der Waals surface area contributed by atoms with Gasteiger partial charge in [0.1, 0.15) is 11.2 Å². The van der Waals surface area contributed by atoms with Crippen LogP contribution in [0.5, 0.6) is 0 Å². The number of nitriles is 1. The Morgan fingerprint density at radius 3 is 2.58 bits per heavy atom. The standard InChI is InChI=1S/C15H14BrN3/c1-10-7-13(11-5-4-6-12(16)8-11)19-14(18-10)15(2,3)9-17/h4-8H,1-3H3. The van der Waals surface area contributed by atoms with Gasteiger partial charge in [-0.2, -0.15) is 5.26 Å². The maximum Gasteiger partial charge on any atom is 0.148 e. The summed E-state index contributed by atoms with van der Waals surface area (Å²) < 4.78 is 1.00. The van der Waals surface area contributed by atoms with E-state index in [2.05, 4.69) is 32.0 Å². The fourth-order valence-electron chi connectivity index (χ4n) is 1.69. The monoisotopic (exact) mass is 315 g/mol. The lowest BCUT2D eigenvalue weighted by atomic mass is 9.94. The van der Waals surface area contributed by atoms with Crippen molar-refractivity contribution in [3.8, 4) is 17.3 Å². The second-order valence-corrected chi connectivity index (χ2v) is 5.88. The lowest BCUT2D eigenvalue weighted by Gasteiger charge is -2.15. The first-order valence-corrected chi connectivity index (χ1v) is 6.75. The summed E-state index contributed by atoms with van der Waals surface area (Å²) in [6.45, 7) is 5.57. The van der Waals surface area contributed by atoms with Crippen LogP contribution >= 0.6 is 15.9 Å². The van der Waals surface area contributed by atoms with Crippen LogP contribution < -0.4 is 0 Å². The van der Waals surface area contributed by atoms with Gasteiger partial charge in [-0.1, -0.05) is 28.1 Å². The van der Waals surface area contributed by atoms with Crippen LogP contribution in [0, 0.1) is 18.3 Å². The molecule has 0 N–H and O–H groups in total. The third-order valence-corrected chi connectivity index (χ3v) is 3.31. The van der Waals surface area contributed by atoms with E-state index in [1.165, 1.54) is 0 Å². The van der Waals surface area contributed by atoms with Gasteiger partial charge in [0, 0.05) is 15.7 Å². The molecule has 0 aliphatic carbocycles. The highest BCUT2D eigenvalue weighted by Gasteiger charge is 2.24. The Bertz CT molecular complexity index is 657. The Labute approximate surface area is 121 Å². The summed E-state index contributed by atoms with van der Waals surface area (Å²) in [5.41, 5.74) is 2.03. The van der Waals surface area contributed by atoms with Gasteiger partial charge in [-0.05, 0) is 39.0 Å².